The highest BCUT2D eigenvalue weighted by Crippen LogP contribution is 2.25. The molecule has 2 aromatic rings. The number of nitrogens with zero attached hydrogens (tertiary/aromatic N) is 1. The smallest absolute Gasteiger partial charge is 0.0859 e. The molecule has 0 spiro atoms. The molecule has 1 N–H and O–H groups in total. The van der Waals surface area contributed by atoms with Crippen molar-refractivity contribution < 1.29 is 5.11 Å². The van der Waals surface area contributed by atoms with Crippen molar-refractivity contribution in [2.24, 2.45) is 0 Å². The Hall–Kier alpha value is -0.930. The van der Waals surface area contributed by atoms with Crippen LogP contribution in [0.2, 0.25) is 0 Å². The van der Waals surface area contributed by atoms with Gasteiger partial charge in [0, 0.05) is 16.3 Å². The SMILES string of the molecule is Cc1cnc(CO)c2ccsc12. The number of hydrogen-bond donors (Lipinski definition) is 1. The molecule has 2 nitrogen and oxygen atoms in total. The summed E-state index contributed by atoms with van der Waals surface area (Å²) in [4.78, 5) is 4.15. The molecule has 0 radical (unpaired) electrons. The molecule has 0 aromatic carbocycles. The summed E-state index contributed by atoms with van der Waals surface area (Å²) < 4.78 is 1.23. The Labute approximate surface area is 74.5 Å². The Balaban J connectivity index is 2.82. The first-order valence-electron chi connectivity index (χ1n) is 3.75. The van der Waals surface area contributed by atoms with Gasteiger partial charge in [-0.15, -0.1) is 11.3 Å². The third-order valence-electron chi connectivity index (χ3n) is 1.90. The van der Waals surface area contributed by atoms with Gasteiger partial charge in [-0.2, -0.15) is 0 Å². The Bertz CT molecular complexity index is 408. The zero-order valence-electron chi connectivity index (χ0n) is 6.74. The Morgan fingerprint density at radius 1 is 1.58 bits per heavy atom. The maximum absolute atomic E-state index is 8.99. The number of hydrogen-bond acceptors (Lipinski definition) is 3. The van der Waals surface area contributed by atoms with E-state index >= 15 is 0 Å². The minimum absolute atomic E-state index is 0.0213. The summed E-state index contributed by atoms with van der Waals surface area (Å²) in [5.41, 5.74) is 1.95. The lowest BCUT2D eigenvalue weighted by molar-refractivity contribution is 0.278. The molecule has 0 aliphatic carbocycles. The van der Waals surface area contributed by atoms with Gasteiger partial charge in [-0.3, -0.25) is 4.98 Å². The van der Waals surface area contributed by atoms with E-state index in [2.05, 4.69) is 4.98 Å². The van der Waals surface area contributed by atoms with E-state index in [0.717, 1.165) is 11.1 Å². The van der Waals surface area contributed by atoms with Gasteiger partial charge in [0.15, 0.2) is 0 Å². The molecule has 0 aliphatic heterocycles. The molecule has 0 unspecified atom stereocenters. The summed E-state index contributed by atoms with van der Waals surface area (Å²) in [5.74, 6) is 0. The van der Waals surface area contributed by atoms with E-state index in [1.54, 1.807) is 11.3 Å². The van der Waals surface area contributed by atoms with Crippen molar-refractivity contribution in [3.63, 3.8) is 0 Å². The van der Waals surface area contributed by atoms with Gasteiger partial charge >= 0.3 is 0 Å². The van der Waals surface area contributed by atoms with Gasteiger partial charge in [0.1, 0.15) is 0 Å². The van der Waals surface area contributed by atoms with Gasteiger partial charge in [0.2, 0.25) is 0 Å². The first-order valence-corrected chi connectivity index (χ1v) is 4.63. The second-order valence-corrected chi connectivity index (χ2v) is 3.63. The van der Waals surface area contributed by atoms with Crippen LogP contribution in [0, 0.1) is 6.92 Å². The van der Waals surface area contributed by atoms with Crippen molar-refractivity contribution in [2.45, 2.75) is 13.5 Å². The highest BCUT2D eigenvalue weighted by Gasteiger charge is 2.04. The summed E-state index contributed by atoms with van der Waals surface area (Å²) in [7, 11) is 0. The fraction of sp³-hybridized carbons (Fsp3) is 0.222. The largest absolute Gasteiger partial charge is 0.390 e. The van der Waals surface area contributed by atoms with Crippen molar-refractivity contribution >= 4 is 21.4 Å². The van der Waals surface area contributed by atoms with Crippen LogP contribution in [0.25, 0.3) is 10.1 Å². The second kappa shape index (κ2) is 2.84. The fourth-order valence-corrected chi connectivity index (χ4v) is 2.16. The molecule has 62 valence electrons. The normalized spacial score (nSPS) is 10.8. The number of aromatic nitrogens is 1. The lowest BCUT2D eigenvalue weighted by atomic mass is 10.2. The van der Waals surface area contributed by atoms with Gasteiger partial charge in [-0.1, -0.05) is 0 Å². The quantitative estimate of drug-likeness (QED) is 0.727. The molecule has 0 saturated carbocycles. The molecule has 0 amide bonds. The molecule has 0 saturated heterocycles. The third-order valence-corrected chi connectivity index (χ3v) is 2.95. The van der Waals surface area contributed by atoms with Crippen molar-refractivity contribution in [3.05, 3.63) is 28.9 Å². The minimum Gasteiger partial charge on any atom is -0.390 e. The number of rotatable bonds is 1. The topological polar surface area (TPSA) is 33.1 Å². The minimum atomic E-state index is 0.0213. The molecule has 0 fully saturated rings. The number of aliphatic hydroxyl groups is 1. The van der Waals surface area contributed by atoms with Gasteiger partial charge in [-0.05, 0) is 23.9 Å². The molecule has 3 heteroatoms. The maximum Gasteiger partial charge on any atom is 0.0859 e. The summed E-state index contributed by atoms with van der Waals surface area (Å²) in [6.07, 6.45) is 1.81. The van der Waals surface area contributed by atoms with Gasteiger partial charge in [0.05, 0.1) is 12.3 Å². The van der Waals surface area contributed by atoms with Crippen LogP contribution in [0.5, 0.6) is 0 Å². The summed E-state index contributed by atoms with van der Waals surface area (Å²) in [6.45, 7) is 2.06. The number of fused-ring (bicyclic) bond motifs is 1. The Morgan fingerprint density at radius 2 is 2.42 bits per heavy atom. The first kappa shape index (κ1) is 7.71. The number of aryl methyl sites for hydroxylation is 1. The molecule has 0 atom stereocenters. The molecule has 0 aliphatic rings. The third kappa shape index (κ3) is 1.02. The lowest BCUT2D eigenvalue weighted by Crippen LogP contribution is -1.89. The van der Waals surface area contributed by atoms with Crippen LogP contribution < -0.4 is 0 Å². The maximum atomic E-state index is 8.99. The van der Waals surface area contributed by atoms with Crippen molar-refractivity contribution in [2.75, 3.05) is 0 Å². The lowest BCUT2D eigenvalue weighted by Gasteiger charge is -1.99. The highest BCUT2D eigenvalue weighted by molar-refractivity contribution is 7.17. The highest BCUT2D eigenvalue weighted by atomic mass is 32.1. The number of pyridine rings is 1. The van der Waals surface area contributed by atoms with Gasteiger partial charge < -0.3 is 5.11 Å². The Kier molecular flexibility index (Phi) is 1.83. The van der Waals surface area contributed by atoms with Crippen LogP contribution in [0.4, 0.5) is 0 Å². The predicted octanol–water partition coefficient (Wildman–Crippen LogP) is 2.10. The van der Waals surface area contributed by atoms with Crippen LogP contribution in [-0.4, -0.2) is 10.1 Å². The zero-order chi connectivity index (χ0) is 8.55. The monoisotopic (exact) mass is 179 g/mol. The molecular weight excluding hydrogens is 170 g/mol. The van der Waals surface area contributed by atoms with E-state index in [4.69, 9.17) is 5.11 Å². The summed E-state index contributed by atoms with van der Waals surface area (Å²) in [5, 5.41) is 12.1. The average Bonchev–Trinajstić information content (AvgIpc) is 2.54. The van der Waals surface area contributed by atoms with Crippen molar-refractivity contribution in [1.82, 2.24) is 4.98 Å². The molecule has 2 heterocycles. The summed E-state index contributed by atoms with van der Waals surface area (Å²) >= 11 is 1.69. The second-order valence-electron chi connectivity index (χ2n) is 2.71. The summed E-state index contributed by atoms with van der Waals surface area (Å²) in [6, 6.07) is 2.01. The van der Waals surface area contributed by atoms with Crippen LogP contribution in [0.15, 0.2) is 17.6 Å². The average molecular weight is 179 g/mol. The van der Waals surface area contributed by atoms with E-state index in [1.165, 1.54) is 10.3 Å². The predicted molar refractivity (Wildman–Crippen MR) is 50.3 cm³/mol. The number of aliphatic hydroxyl groups excluding tert-OH is 1. The van der Waals surface area contributed by atoms with E-state index < -0.39 is 0 Å². The molecule has 0 bridgehead atoms. The van der Waals surface area contributed by atoms with Crippen LogP contribution >= 0.6 is 11.3 Å². The van der Waals surface area contributed by atoms with Gasteiger partial charge in [-0.25, -0.2) is 0 Å². The first-order chi connectivity index (χ1) is 5.83. The molecule has 2 aromatic heterocycles. The van der Waals surface area contributed by atoms with Crippen molar-refractivity contribution in [1.29, 1.82) is 0 Å². The van der Waals surface area contributed by atoms with Crippen molar-refractivity contribution in [3.8, 4) is 0 Å². The van der Waals surface area contributed by atoms with Crippen LogP contribution in [0.1, 0.15) is 11.3 Å². The number of thiophene rings is 1. The standard InChI is InChI=1S/C9H9NOS/c1-6-4-10-8(5-11)7-2-3-12-9(6)7/h2-4,11H,5H2,1H3. The molecule has 12 heavy (non-hydrogen) atoms. The fourth-order valence-electron chi connectivity index (χ4n) is 1.27. The zero-order valence-corrected chi connectivity index (χ0v) is 7.56. The van der Waals surface area contributed by atoms with Crippen LogP contribution in [-0.2, 0) is 6.61 Å². The van der Waals surface area contributed by atoms with Crippen LogP contribution in [0.3, 0.4) is 0 Å². The van der Waals surface area contributed by atoms with Gasteiger partial charge in [0.25, 0.3) is 0 Å². The molecular formula is C9H9NOS. The van der Waals surface area contributed by atoms with E-state index in [9.17, 15) is 0 Å². The van der Waals surface area contributed by atoms with E-state index in [1.807, 2.05) is 24.6 Å². The van der Waals surface area contributed by atoms with E-state index in [-0.39, 0.29) is 6.61 Å². The van der Waals surface area contributed by atoms with E-state index in [0.29, 0.717) is 0 Å². The Morgan fingerprint density at radius 3 is 3.17 bits per heavy atom. The molecule has 2 rings (SSSR count).